The maximum absolute atomic E-state index is 13.0. The lowest BCUT2D eigenvalue weighted by Gasteiger charge is -2.16. The summed E-state index contributed by atoms with van der Waals surface area (Å²) in [5, 5.41) is 0.243. The maximum atomic E-state index is 13.0. The Morgan fingerprint density at radius 1 is 1.44 bits per heavy atom. The molecule has 2 rings (SSSR count). The number of anilines is 1. The Hall–Kier alpha value is -1.57. The molecule has 0 spiro atoms. The quantitative estimate of drug-likeness (QED) is 0.880. The number of hydrogen-bond donors (Lipinski definition) is 1. The first-order valence-electron chi connectivity index (χ1n) is 4.74. The summed E-state index contributed by atoms with van der Waals surface area (Å²) in [7, 11) is 0. The maximum Gasteiger partial charge on any atom is 0.325 e. The normalized spacial score (nSPS) is 12.6. The van der Waals surface area contributed by atoms with Gasteiger partial charge in [0, 0.05) is 6.20 Å². The number of nitrogens with two attached hydrogens (primary N) is 1. The van der Waals surface area contributed by atoms with Gasteiger partial charge in [-0.1, -0.05) is 11.6 Å². The minimum atomic E-state index is -4.21. The van der Waals surface area contributed by atoms with E-state index in [1.165, 1.54) is 12.3 Å². The van der Waals surface area contributed by atoms with Crippen molar-refractivity contribution in [1.29, 1.82) is 0 Å². The summed E-state index contributed by atoms with van der Waals surface area (Å²) >= 11 is 5.64. The molecule has 0 radical (unpaired) electrons. The highest BCUT2D eigenvalue weighted by Crippen LogP contribution is 2.28. The minimum Gasteiger partial charge on any atom is -0.369 e. The number of pyridine rings is 1. The van der Waals surface area contributed by atoms with Crippen molar-refractivity contribution in [2.24, 2.45) is 0 Å². The zero-order valence-electron chi connectivity index (χ0n) is 8.75. The van der Waals surface area contributed by atoms with Gasteiger partial charge in [-0.15, -0.1) is 0 Å². The standard InChI is InChI=1S/C9H7ClF4N4/c10-4-1-5-6(16-2-4)18(8(15)17-5)3-9(13,14)7(11)12/h1-2,7H,3H2,(H2,15,17). The van der Waals surface area contributed by atoms with Crippen LogP contribution in [0.25, 0.3) is 11.2 Å². The predicted octanol–water partition coefficient (Wildman–Crippen LogP) is 2.57. The van der Waals surface area contributed by atoms with E-state index < -0.39 is 18.9 Å². The van der Waals surface area contributed by atoms with E-state index in [9.17, 15) is 17.6 Å². The fraction of sp³-hybridized carbons (Fsp3) is 0.333. The topological polar surface area (TPSA) is 56.7 Å². The van der Waals surface area contributed by atoms with E-state index in [1.54, 1.807) is 0 Å². The molecule has 0 saturated heterocycles. The van der Waals surface area contributed by atoms with Crippen LogP contribution in [0.4, 0.5) is 23.5 Å². The third-order valence-electron chi connectivity index (χ3n) is 2.27. The van der Waals surface area contributed by atoms with Crippen molar-refractivity contribution in [3.8, 4) is 0 Å². The highest BCUT2D eigenvalue weighted by molar-refractivity contribution is 6.31. The van der Waals surface area contributed by atoms with E-state index in [4.69, 9.17) is 17.3 Å². The van der Waals surface area contributed by atoms with Gasteiger partial charge in [0.05, 0.1) is 11.6 Å². The van der Waals surface area contributed by atoms with E-state index in [2.05, 4.69) is 9.97 Å². The molecular formula is C9H7ClF4N4. The highest BCUT2D eigenvalue weighted by atomic mass is 35.5. The first-order chi connectivity index (χ1) is 8.31. The van der Waals surface area contributed by atoms with Gasteiger partial charge in [0.15, 0.2) is 5.65 Å². The Labute approximate surface area is 103 Å². The SMILES string of the molecule is Nc1nc2cc(Cl)cnc2n1CC(F)(F)C(F)F. The van der Waals surface area contributed by atoms with Crippen LogP contribution in [-0.4, -0.2) is 26.9 Å². The molecule has 2 aromatic rings. The number of halogens is 5. The van der Waals surface area contributed by atoms with Crippen LogP contribution in [0.1, 0.15) is 0 Å². The van der Waals surface area contributed by atoms with E-state index in [1.807, 2.05) is 0 Å². The van der Waals surface area contributed by atoms with E-state index in [-0.39, 0.29) is 22.1 Å². The van der Waals surface area contributed by atoms with Gasteiger partial charge in [-0.2, -0.15) is 8.78 Å². The summed E-state index contributed by atoms with van der Waals surface area (Å²) in [4.78, 5) is 7.49. The Morgan fingerprint density at radius 3 is 2.72 bits per heavy atom. The third-order valence-corrected chi connectivity index (χ3v) is 2.48. The molecule has 0 bridgehead atoms. The van der Waals surface area contributed by atoms with Crippen LogP contribution >= 0.6 is 11.6 Å². The Balaban J connectivity index is 2.48. The number of hydrogen-bond acceptors (Lipinski definition) is 3. The van der Waals surface area contributed by atoms with Crippen LogP contribution < -0.4 is 5.73 Å². The van der Waals surface area contributed by atoms with Crippen LogP contribution in [0.3, 0.4) is 0 Å². The second kappa shape index (κ2) is 4.27. The first-order valence-corrected chi connectivity index (χ1v) is 5.12. The van der Waals surface area contributed by atoms with Crippen LogP contribution in [0.5, 0.6) is 0 Å². The van der Waals surface area contributed by atoms with Gasteiger partial charge in [0.25, 0.3) is 0 Å². The number of aromatic nitrogens is 3. The molecule has 4 nitrogen and oxygen atoms in total. The number of alkyl halides is 4. The van der Waals surface area contributed by atoms with Crippen molar-refractivity contribution in [2.75, 3.05) is 5.73 Å². The molecule has 98 valence electrons. The molecule has 0 amide bonds. The largest absolute Gasteiger partial charge is 0.369 e. The number of imidazole rings is 1. The van der Waals surface area contributed by atoms with Gasteiger partial charge < -0.3 is 5.73 Å². The van der Waals surface area contributed by atoms with Crippen molar-refractivity contribution in [3.63, 3.8) is 0 Å². The fourth-order valence-corrected chi connectivity index (χ4v) is 1.59. The Morgan fingerprint density at radius 2 is 2.11 bits per heavy atom. The molecule has 0 aliphatic rings. The number of nitrogens with zero attached hydrogens (tertiary/aromatic N) is 3. The van der Waals surface area contributed by atoms with Crippen molar-refractivity contribution in [3.05, 3.63) is 17.3 Å². The fourth-order valence-electron chi connectivity index (χ4n) is 1.44. The third kappa shape index (κ3) is 2.20. The summed E-state index contributed by atoms with van der Waals surface area (Å²) in [5.41, 5.74) is 5.56. The van der Waals surface area contributed by atoms with Crippen LogP contribution in [-0.2, 0) is 6.54 Å². The van der Waals surface area contributed by atoms with Crippen molar-refractivity contribution in [1.82, 2.24) is 14.5 Å². The van der Waals surface area contributed by atoms with Crippen LogP contribution in [0.15, 0.2) is 12.3 Å². The van der Waals surface area contributed by atoms with Crippen molar-refractivity contribution in [2.45, 2.75) is 18.9 Å². The zero-order valence-corrected chi connectivity index (χ0v) is 9.50. The number of rotatable bonds is 3. The van der Waals surface area contributed by atoms with Crippen molar-refractivity contribution < 1.29 is 17.6 Å². The summed E-state index contributed by atoms with van der Waals surface area (Å²) in [6, 6.07) is 1.36. The summed E-state index contributed by atoms with van der Waals surface area (Å²) < 4.78 is 51.0. The summed E-state index contributed by atoms with van der Waals surface area (Å²) in [5.74, 6) is -4.52. The monoisotopic (exact) mass is 282 g/mol. The molecule has 0 saturated carbocycles. The number of fused-ring (bicyclic) bond motifs is 1. The molecule has 18 heavy (non-hydrogen) atoms. The predicted molar refractivity (Wildman–Crippen MR) is 57.9 cm³/mol. The lowest BCUT2D eigenvalue weighted by Crippen LogP contribution is -2.32. The smallest absolute Gasteiger partial charge is 0.325 e. The molecule has 0 fully saturated rings. The van der Waals surface area contributed by atoms with E-state index >= 15 is 0 Å². The van der Waals surface area contributed by atoms with Gasteiger partial charge >= 0.3 is 12.3 Å². The zero-order chi connectivity index (χ0) is 13.5. The Bertz CT molecular complexity index is 583. The van der Waals surface area contributed by atoms with Gasteiger partial charge in [-0.25, -0.2) is 18.7 Å². The average molecular weight is 283 g/mol. The van der Waals surface area contributed by atoms with Crippen molar-refractivity contribution >= 4 is 28.7 Å². The van der Waals surface area contributed by atoms with Gasteiger partial charge in [-0.3, -0.25) is 4.57 Å². The molecule has 2 aromatic heterocycles. The number of nitrogen functional groups attached to an aromatic ring is 1. The summed E-state index contributed by atoms with van der Waals surface area (Å²) in [6.07, 6.45) is -2.59. The highest BCUT2D eigenvalue weighted by Gasteiger charge is 2.42. The van der Waals surface area contributed by atoms with Gasteiger partial charge in [-0.05, 0) is 6.07 Å². The lowest BCUT2D eigenvalue weighted by molar-refractivity contribution is -0.137. The summed E-state index contributed by atoms with van der Waals surface area (Å²) in [6.45, 7) is -1.29. The second-order valence-electron chi connectivity index (χ2n) is 3.61. The molecule has 2 N–H and O–H groups in total. The molecule has 0 aliphatic carbocycles. The Kier molecular flexibility index (Phi) is 3.05. The molecule has 0 aromatic carbocycles. The molecule has 0 aliphatic heterocycles. The lowest BCUT2D eigenvalue weighted by atomic mass is 10.3. The molecular weight excluding hydrogens is 276 g/mol. The first kappa shape index (κ1) is 12.9. The van der Waals surface area contributed by atoms with Gasteiger partial charge in [0.2, 0.25) is 5.95 Å². The minimum absolute atomic E-state index is 0.0165. The van der Waals surface area contributed by atoms with E-state index in [0.29, 0.717) is 0 Å². The van der Waals surface area contributed by atoms with E-state index in [0.717, 1.165) is 4.57 Å². The molecule has 2 heterocycles. The molecule has 0 atom stereocenters. The van der Waals surface area contributed by atoms with Crippen LogP contribution in [0, 0.1) is 0 Å². The van der Waals surface area contributed by atoms with Crippen LogP contribution in [0.2, 0.25) is 5.02 Å². The average Bonchev–Trinajstić information content (AvgIpc) is 2.54. The second-order valence-corrected chi connectivity index (χ2v) is 4.05. The molecule has 0 unspecified atom stereocenters. The van der Waals surface area contributed by atoms with Gasteiger partial charge in [0.1, 0.15) is 5.52 Å². The molecule has 9 heteroatoms.